The molecular weight excluding hydrogens is 274 g/mol. The first-order valence-electron chi connectivity index (χ1n) is 6.21. The first-order valence-corrected chi connectivity index (χ1v) is 6.21. The second kappa shape index (κ2) is 5.67. The minimum atomic E-state index is -0.419. The molecule has 3 aromatic heterocycles. The predicted molar refractivity (Wildman–Crippen MR) is 71.1 cm³/mol. The zero-order valence-electron chi connectivity index (χ0n) is 11.2. The Morgan fingerprint density at radius 2 is 2.29 bits per heavy atom. The lowest BCUT2D eigenvalue weighted by Gasteiger charge is -2.03. The van der Waals surface area contributed by atoms with E-state index < -0.39 is 6.04 Å². The fraction of sp³-hybridized carbons (Fsp3) is 0.250. The van der Waals surface area contributed by atoms with Gasteiger partial charge in [-0.1, -0.05) is 5.16 Å². The van der Waals surface area contributed by atoms with Crippen LogP contribution in [0.1, 0.15) is 17.6 Å². The molecule has 3 heterocycles. The zero-order valence-corrected chi connectivity index (χ0v) is 11.2. The largest absolute Gasteiger partial charge is 0.480 e. The number of methoxy groups -OCH3 is 1. The van der Waals surface area contributed by atoms with Crippen LogP contribution in [0.25, 0.3) is 11.5 Å². The molecule has 9 heteroatoms. The number of nitrogens with one attached hydrogen (secondary N) is 1. The molecule has 0 radical (unpaired) electrons. The molecule has 0 aliphatic carbocycles. The first-order chi connectivity index (χ1) is 10.3. The molecule has 9 nitrogen and oxygen atoms in total. The fourth-order valence-electron chi connectivity index (χ4n) is 1.76. The summed E-state index contributed by atoms with van der Waals surface area (Å²) in [5, 5.41) is 11.7. The second-order valence-corrected chi connectivity index (χ2v) is 4.30. The molecule has 0 amide bonds. The Morgan fingerprint density at radius 3 is 2.95 bits per heavy atom. The summed E-state index contributed by atoms with van der Waals surface area (Å²) in [6.45, 7) is 0. The molecule has 1 atom stereocenters. The van der Waals surface area contributed by atoms with Gasteiger partial charge in [-0.25, -0.2) is 4.98 Å². The Kier molecular flexibility index (Phi) is 3.56. The maximum absolute atomic E-state index is 6.02. The summed E-state index contributed by atoms with van der Waals surface area (Å²) < 4.78 is 10.1. The van der Waals surface area contributed by atoms with Crippen LogP contribution in [0.2, 0.25) is 0 Å². The van der Waals surface area contributed by atoms with Gasteiger partial charge < -0.3 is 20.0 Å². The van der Waals surface area contributed by atoms with Crippen molar-refractivity contribution in [3.63, 3.8) is 0 Å². The summed E-state index contributed by atoms with van der Waals surface area (Å²) in [7, 11) is 1.52. The van der Waals surface area contributed by atoms with Gasteiger partial charge >= 0.3 is 0 Å². The van der Waals surface area contributed by atoms with Crippen molar-refractivity contribution in [1.82, 2.24) is 30.3 Å². The van der Waals surface area contributed by atoms with Gasteiger partial charge in [0.05, 0.1) is 19.5 Å². The van der Waals surface area contributed by atoms with Gasteiger partial charge in [0.15, 0.2) is 0 Å². The third-order valence-electron chi connectivity index (χ3n) is 2.83. The Hall–Kier alpha value is -2.81. The normalized spacial score (nSPS) is 12.3. The standard InChI is InChI=1S/C12H13N7O2/c1-20-10-3-2-9(17-18-10)11-16-12(21-19-11)8(13)4-7-5-14-6-15-7/h2-3,5-6,8H,4,13H2,1H3,(H,14,15)/t8-/m1/s1. The summed E-state index contributed by atoms with van der Waals surface area (Å²) in [6.07, 6.45) is 3.82. The molecule has 108 valence electrons. The van der Waals surface area contributed by atoms with Crippen LogP contribution in [-0.2, 0) is 6.42 Å². The van der Waals surface area contributed by atoms with E-state index in [9.17, 15) is 0 Å². The highest BCUT2D eigenvalue weighted by molar-refractivity contribution is 5.47. The first kappa shape index (κ1) is 13.2. The van der Waals surface area contributed by atoms with Crippen LogP contribution in [0.15, 0.2) is 29.2 Å². The van der Waals surface area contributed by atoms with Crippen LogP contribution in [0.5, 0.6) is 5.88 Å². The summed E-state index contributed by atoms with van der Waals surface area (Å²) in [4.78, 5) is 11.1. The van der Waals surface area contributed by atoms with Gasteiger partial charge in [-0.15, -0.1) is 10.2 Å². The number of aromatic nitrogens is 6. The molecule has 0 saturated heterocycles. The molecule has 0 aliphatic heterocycles. The van der Waals surface area contributed by atoms with Gasteiger partial charge in [-0.2, -0.15) is 4.98 Å². The molecule has 0 aliphatic rings. The molecule has 3 aromatic rings. The van der Waals surface area contributed by atoms with Gasteiger partial charge in [0.25, 0.3) is 0 Å². The Morgan fingerprint density at radius 1 is 1.38 bits per heavy atom. The van der Waals surface area contributed by atoms with Crippen LogP contribution >= 0.6 is 0 Å². The summed E-state index contributed by atoms with van der Waals surface area (Å²) in [5.41, 5.74) is 7.40. The lowest BCUT2D eigenvalue weighted by molar-refractivity contribution is 0.353. The molecule has 3 rings (SSSR count). The highest BCUT2D eigenvalue weighted by Crippen LogP contribution is 2.18. The van der Waals surface area contributed by atoms with Crippen LogP contribution < -0.4 is 10.5 Å². The smallest absolute Gasteiger partial charge is 0.244 e. The summed E-state index contributed by atoms with van der Waals surface area (Å²) >= 11 is 0. The van der Waals surface area contributed by atoms with Crippen molar-refractivity contribution in [3.05, 3.63) is 36.2 Å². The Labute approximate surface area is 119 Å². The van der Waals surface area contributed by atoms with Crippen molar-refractivity contribution >= 4 is 0 Å². The maximum atomic E-state index is 6.02. The van der Waals surface area contributed by atoms with E-state index in [2.05, 4.69) is 30.3 Å². The predicted octanol–water partition coefficient (Wildman–Crippen LogP) is 0.501. The van der Waals surface area contributed by atoms with E-state index in [1.54, 1.807) is 24.7 Å². The van der Waals surface area contributed by atoms with Crippen molar-refractivity contribution in [1.29, 1.82) is 0 Å². The molecule has 0 bridgehead atoms. The topological polar surface area (TPSA) is 129 Å². The molecule has 0 saturated carbocycles. The van der Waals surface area contributed by atoms with Crippen molar-refractivity contribution in [2.45, 2.75) is 12.5 Å². The van der Waals surface area contributed by atoms with Crippen molar-refractivity contribution in [2.75, 3.05) is 7.11 Å². The fourth-order valence-corrected chi connectivity index (χ4v) is 1.76. The number of rotatable bonds is 5. The van der Waals surface area contributed by atoms with Gasteiger partial charge in [0, 0.05) is 24.4 Å². The number of aromatic amines is 1. The van der Waals surface area contributed by atoms with Gasteiger partial charge in [0.1, 0.15) is 5.69 Å². The van der Waals surface area contributed by atoms with E-state index in [1.165, 1.54) is 7.11 Å². The average molecular weight is 287 g/mol. The number of nitrogens with zero attached hydrogens (tertiary/aromatic N) is 5. The summed E-state index contributed by atoms with van der Waals surface area (Å²) in [6, 6.07) is 2.95. The third kappa shape index (κ3) is 2.87. The van der Waals surface area contributed by atoms with E-state index in [0.717, 1.165) is 5.69 Å². The second-order valence-electron chi connectivity index (χ2n) is 4.30. The minimum absolute atomic E-state index is 0.331. The molecule has 0 aromatic carbocycles. The van der Waals surface area contributed by atoms with E-state index in [4.69, 9.17) is 15.0 Å². The van der Waals surface area contributed by atoms with E-state index in [1.807, 2.05) is 0 Å². The monoisotopic (exact) mass is 287 g/mol. The molecule has 0 spiro atoms. The highest BCUT2D eigenvalue weighted by atomic mass is 16.5. The number of hydrogen-bond donors (Lipinski definition) is 2. The Bertz CT molecular complexity index is 693. The third-order valence-corrected chi connectivity index (χ3v) is 2.83. The quantitative estimate of drug-likeness (QED) is 0.694. The Balaban J connectivity index is 1.75. The molecule has 0 fully saturated rings. The molecule has 3 N–H and O–H groups in total. The van der Waals surface area contributed by atoms with Crippen molar-refractivity contribution in [3.8, 4) is 17.4 Å². The van der Waals surface area contributed by atoms with Crippen LogP contribution in [0, 0.1) is 0 Å². The lowest BCUT2D eigenvalue weighted by atomic mass is 10.2. The van der Waals surface area contributed by atoms with Gasteiger partial charge in [0.2, 0.25) is 17.6 Å². The van der Waals surface area contributed by atoms with Crippen LogP contribution in [0.3, 0.4) is 0 Å². The average Bonchev–Trinajstić information content (AvgIpc) is 3.18. The number of H-pyrrole nitrogens is 1. The van der Waals surface area contributed by atoms with Gasteiger partial charge in [-0.3, -0.25) is 0 Å². The van der Waals surface area contributed by atoms with E-state index in [-0.39, 0.29) is 0 Å². The van der Waals surface area contributed by atoms with E-state index >= 15 is 0 Å². The maximum Gasteiger partial charge on any atom is 0.244 e. The van der Waals surface area contributed by atoms with Gasteiger partial charge in [-0.05, 0) is 6.07 Å². The molecule has 0 unspecified atom stereocenters. The molecule has 21 heavy (non-hydrogen) atoms. The summed E-state index contributed by atoms with van der Waals surface area (Å²) in [5.74, 6) is 1.08. The van der Waals surface area contributed by atoms with Crippen molar-refractivity contribution < 1.29 is 9.26 Å². The lowest BCUT2D eigenvalue weighted by Crippen LogP contribution is -2.14. The zero-order chi connectivity index (χ0) is 14.7. The highest BCUT2D eigenvalue weighted by Gasteiger charge is 2.17. The number of imidazole rings is 1. The number of nitrogens with two attached hydrogens (primary N) is 1. The van der Waals surface area contributed by atoms with Crippen LogP contribution in [-0.4, -0.2) is 37.4 Å². The number of ether oxygens (including phenoxy) is 1. The number of hydrogen-bond acceptors (Lipinski definition) is 8. The van der Waals surface area contributed by atoms with Crippen molar-refractivity contribution in [2.24, 2.45) is 5.73 Å². The molecular formula is C12H13N7O2. The minimum Gasteiger partial charge on any atom is -0.480 e. The van der Waals surface area contributed by atoms with Crippen LogP contribution in [0.4, 0.5) is 0 Å². The van der Waals surface area contributed by atoms with E-state index in [0.29, 0.717) is 29.7 Å². The SMILES string of the molecule is COc1ccc(-c2noc([C@H](N)Cc3cnc[nH]3)n2)nn1.